The summed E-state index contributed by atoms with van der Waals surface area (Å²) < 4.78 is 26.6. The summed E-state index contributed by atoms with van der Waals surface area (Å²) in [4.78, 5) is 2.67. The third-order valence-electron chi connectivity index (χ3n) is 7.58. The maximum Gasteiger partial charge on any atom is 0.209 e. The van der Waals surface area contributed by atoms with Crippen LogP contribution in [0, 0.1) is 17.8 Å². The molecule has 0 radical (unpaired) electrons. The van der Waals surface area contributed by atoms with Crippen LogP contribution < -0.4 is 4.72 Å². The van der Waals surface area contributed by atoms with Gasteiger partial charge < -0.3 is 4.90 Å². The van der Waals surface area contributed by atoms with Crippen LogP contribution in [0.5, 0.6) is 0 Å². The van der Waals surface area contributed by atoms with E-state index in [0.29, 0.717) is 0 Å². The Labute approximate surface area is 163 Å². The zero-order chi connectivity index (χ0) is 18.6. The minimum Gasteiger partial charge on any atom is -0.303 e. The molecular formula is C22H30N2O2S. The topological polar surface area (TPSA) is 49.4 Å². The van der Waals surface area contributed by atoms with Gasteiger partial charge in [0, 0.05) is 12.6 Å². The molecule has 5 rings (SSSR count). The minimum atomic E-state index is -3.20. The summed E-state index contributed by atoms with van der Waals surface area (Å²) in [6.07, 6.45) is 12.1. The zero-order valence-corrected chi connectivity index (χ0v) is 16.9. The van der Waals surface area contributed by atoms with Gasteiger partial charge in [-0.25, -0.2) is 13.1 Å². The van der Waals surface area contributed by atoms with Crippen molar-refractivity contribution in [1.82, 2.24) is 9.62 Å². The first-order valence-corrected chi connectivity index (χ1v) is 12.3. The van der Waals surface area contributed by atoms with Crippen molar-refractivity contribution in [3.63, 3.8) is 0 Å². The monoisotopic (exact) mass is 386 g/mol. The van der Waals surface area contributed by atoms with Crippen LogP contribution in [-0.2, 0) is 15.4 Å². The SMILES string of the molecule is CS(=O)(=O)N[C@H]1CC2(CCN(C[C@H]3C[C@H]4C=C[C@@H]3C4)CC2)c2ccccc21. The first kappa shape index (κ1) is 17.9. The second-order valence-corrected chi connectivity index (χ2v) is 11.1. The third-order valence-corrected chi connectivity index (χ3v) is 8.29. The molecule has 1 spiro atoms. The molecule has 0 aromatic heterocycles. The van der Waals surface area contributed by atoms with Gasteiger partial charge in [0.25, 0.3) is 0 Å². The van der Waals surface area contributed by atoms with E-state index in [2.05, 4.69) is 40.0 Å². The Morgan fingerprint density at radius 1 is 1.15 bits per heavy atom. The standard InChI is InChI=1S/C22H30N2O2S/c1-27(25,26)23-21-14-22(20-5-3-2-4-19(20)21)8-10-24(11-9-22)15-18-13-16-6-7-17(18)12-16/h2-7,16-18,21,23H,8-15H2,1H3/t16-,17+,18+,21-/m0/s1. The smallest absolute Gasteiger partial charge is 0.209 e. The number of piperidine rings is 1. The second kappa shape index (κ2) is 6.43. The van der Waals surface area contributed by atoms with Crippen LogP contribution >= 0.6 is 0 Å². The number of allylic oxidation sites excluding steroid dienone is 2. The number of hydrogen-bond donors (Lipinski definition) is 1. The van der Waals surface area contributed by atoms with Crippen molar-refractivity contribution in [2.45, 2.75) is 43.6 Å². The van der Waals surface area contributed by atoms with Crippen LogP contribution in [0.2, 0.25) is 0 Å². The Morgan fingerprint density at radius 2 is 1.93 bits per heavy atom. The highest BCUT2D eigenvalue weighted by Crippen LogP contribution is 2.51. The van der Waals surface area contributed by atoms with Gasteiger partial charge in [-0.05, 0) is 79.5 Å². The Kier molecular flexibility index (Phi) is 4.26. The molecule has 5 heteroatoms. The number of hydrogen-bond acceptors (Lipinski definition) is 3. The summed E-state index contributed by atoms with van der Waals surface area (Å²) >= 11 is 0. The van der Waals surface area contributed by atoms with Crippen LogP contribution in [0.25, 0.3) is 0 Å². The van der Waals surface area contributed by atoms with Crippen molar-refractivity contribution >= 4 is 10.0 Å². The number of benzene rings is 1. The Hall–Kier alpha value is -1.17. The molecule has 1 aromatic rings. The van der Waals surface area contributed by atoms with Crippen molar-refractivity contribution in [3.05, 3.63) is 47.5 Å². The van der Waals surface area contributed by atoms with Crippen LogP contribution in [0.4, 0.5) is 0 Å². The fourth-order valence-electron chi connectivity index (χ4n) is 6.33. The minimum absolute atomic E-state index is 0.0709. The van der Waals surface area contributed by atoms with Gasteiger partial charge in [-0.2, -0.15) is 0 Å². The maximum absolute atomic E-state index is 11.9. The number of rotatable bonds is 4. The Balaban J connectivity index is 1.29. The molecule has 4 nitrogen and oxygen atoms in total. The maximum atomic E-state index is 11.9. The first-order chi connectivity index (χ1) is 12.9. The van der Waals surface area contributed by atoms with E-state index in [4.69, 9.17) is 0 Å². The van der Waals surface area contributed by atoms with E-state index >= 15 is 0 Å². The summed E-state index contributed by atoms with van der Waals surface area (Å²) in [5, 5.41) is 0. The van der Waals surface area contributed by atoms with Crippen molar-refractivity contribution < 1.29 is 8.42 Å². The largest absolute Gasteiger partial charge is 0.303 e. The fourth-order valence-corrected chi connectivity index (χ4v) is 7.06. The number of fused-ring (bicyclic) bond motifs is 4. The van der Waals surface area contributed by atoms with Gasteiger partial charge >= 0.3 is 0 Å². The van der Waals surface area contributed by atoms with Gasteiger partial charge in [0.2, 0.25) is 10.0 Å². The van der Waals surface area contributed by atoms with Gasteiger partial charge in [-0.3, -0.25) is 0 Å². The molecule has 1 N–H and O–H groups in total. The second-order valence-electron chi connectivity index (χ2n) is 9.36. The average molecular weight is 387 g/mol. The molecule has 1 aromatic carbocycles. The Bertz CT molecular complexity index is 855. The number of sulfonamides is 1. The summed E-state index contributed by atoms with van der Waals surface area (Å²) in [5.74, 6) is 2.52. The van der Waals surface area contributed by atoms with E-state index in [-0.39, 0.29) is 11.5 Å². The van der Waals surface area contributed by atoms with Gasteiger partial charge in [-0.1, -0.05) is 36.4 Å². The quantitative estimate of drug-likeness (QED) is 0.809. The van der Waals surface area contributed by atoms with Gasteiger partial charge in [-0.15, -0.1) is 0 Å². The molecule has 1 heterocycles. The fraction of sp³-hybridized carbons (Fsp3) is 0.636. The summed E-state index contributed by atoms with van der Waals surface area (Å²) in [5.41, 5.74) is 2.72. The number of nitrogens with one attached hydrogen (secondary N) is 1. The molecule has 0 unspecified atom stereocenters. The van der Waals surface area contributed by atoms with Crippen molar-refractivity contribution in [2.75, 3.05) is 25.9 Å². The molecule has 4 atom stereocenters. The van der Waals surface area contributed by atoms with E-state index in [1.165, 1.54) is 36.8 Å². The predicted molar refractivity (Wildman–Crippen MR) is 108 cm³/mol. The molecule has 27 heavy (non-hydrogen) atoms. The lowest BCUT2D eigenvalue weighted by Gasteiger charge is -2.41. The summed E-state index contributed by atoms with van der Waals surface area (Å²) in [6, 6.07) is 8.42. The highest BCUT2D eigenvalue weighted by atomic mass is 32.2. The lowest BCUT2D eigenvalue weighted by molar-refractivity contribution is 0.129. The molecule has 146 valence electrons. The van der Waals surface area contributed by atoms with Gasteiger partial charge in [0.05, 0.1) is 6.26 Å². The third kappa shape index (κ3) is 3.28. The van der Waals surface area contributed by atoms with Crippen molar-refractivity contribution in [2.24, 2.45) is 17.8 Å². The molecule has 1 aliphatic heterocycles. The van der Waals surface area contributed by atoms with Crippen LogP contribution in [0.3, 0.4) is 0 Å². The highest BCUT2D eigenvalue weighted by Gasteiger charge is 2.46. The summed E-state index contributed by atoms with van der Waals surface area (Å²) in [7, 11) is -3.20. The average Bonchev–Trinajstić information content (AvgIpc) is 3.31. The zero-order valence-electron chi connectivity index (χ0n) is 16.1. The van der Waals surface area contributed by atoms with Crippen LogP contribution in [-0.4, -0.2) is 39.2 Å². The molecule has 3 aliphatic carbocycles. The van der Waals surface area contributed by atoms with Crippen LogP contribution in [0.1, 0.15) is 49.3 Å². The lowest BCUT2D eigenvalue weighted by atomic mass is 9.73. The Morgan fingerprint density at radius 3 is 2.59 bits per heavy atom. The molecule has 2 fully saturated rings. The van der Waals surface area contributed by atoms with E-state index < -0.39 is 10.0 Å². The van der Waals surface area contributed by atoms with Crippen LogP contribution in [0.15, 0.2) is 36.4 Å². The number of nitrogens with zero attached hydrogens (tertiary/aromatic N) is 1. The molecule has 2 bridgehead atoms. The molecule has 1 saturated carbocycles. The highest BCUT2D eigenvalue weighted by molar-refractivity contribution is 7.88. The van der Waals surface area contributed by atoms with Gasteiger partial charge in [0.15, 0.2) is 0 Å². The van der Waals surface area contributed by atoms with E-state index in [1.807, 2.05) is 6.07 Å². The normalized spacial score (nSPS) is 34.4. The molecular weight excluding hydrogens is 356 g/mol. The lowest BCUT2D eigenvalue weighted by Crippen LogP contribution is -2.44. The van der Waals surface area contributed by atoms with E-state index in [1.54, 1.807) is 0 Å². The van der Waals surface area contributed by atoms with Crippen molar-refractivity contribution in [3.8, 4) is 0 Å². The molecule has 4 aliphatic rings. The van der Waals surface area contributed by atoms with Gasteiger partial charge in [0.1, 0.15) is 0 Å². The molecule has 0 amide bonds. The van der Waals surface area contributed by atoms with E-state index in [9.17, 15) is 8.42 Å². The summed E-state index contributed by atoms with van der Waals surface area (Å²) in [6.45, 7) is 3.52. The predicted octanol–water partition coefficient (Wildman–Crippen LogP) is 3.23. The first-order valence-electron chi connectivity index (χ1n) is 10.4. The number of likely N-dealkylation sites (tertiary alicyclic amines) is 1. The van der Waals surface area contributed by atoms with Crippen molar-refractivity contribution in [1.29, 1.82) is 0 Å². The van der Waals surface area contributed by atoms with E-state index in [0.717, 1.165) is 50.1 Å². The molecule has 1 saturated heterocycles.